The van der Waals surface area contributed by atoms with Crippen LogP contribution in [0.5, 0.6) is 0 Å². The Balaban J connectivity index is -0.00000000625. The molecule has 0 aromatic rings. The molecule has 0 aromatic heterocycles. The van der Waals surface area contributed by atoms with Crippen LogP contribution in [0.3, 0.4) is 0 Å². The molecule has 0 spiro atoms. The predicted molar refractivity (Wildman–Crippen MR) is 48.7 cm³/mol. The summed E-state index contributed by atoms with van der Waals surface area (Å²) in [5.41, 5.74) is 0. The molecule has 80 valence electrons. The van der Waals surface area contributed by atoms with Gasteiger partial charge in [0, 0.05) is 0 Å². The van der Waals surface area contributed by atoms with Crippen LogP contribution in [0.1, 0.15) is 8.56 Å². The van der Waals surface area contributed by atoms with Gasteiger partial charge in [0.1, 0.15) is 0 Å². The van der Waals surface area contributed by atoms with Crippen LogP contribution in [0.25, 0.3) is 0 Å². The number of hydrogen-bond acceptors (Lipinski definition) is 4. The van der Waals surface area contributed by atoms with Crippen LogP contribution in [0.15, 0.2) is 0 Å². The van der Waals surface area contributed by atoms with Crippen LogP contribution in [0, 0.1) is 0 Å². The predicted octanol–water partition coefficient (Wildman–Crippen LogP) is -7.77. The van der Waals surface area contributed by atoms with Gasteiger partial charge in [0.05, 0.1) is 0 Å². The quantitative estimate of drug-likeness (QED) is 0.246. The molecule has 0 bridgehead atoms. The van der Waals surface area contributed by atoms with Crippen LogP contribution < -0.4 is 59.1 Å². The topological polar surface area (TPSA) is 149 Å². The van der Waals surface area contributed by atoms with Crippen molar-refractivity contribution in [3.05, 3.63) is 0 Å². The number of carboxylic acids is 4. The molecular weight excluding hydrogens is 350 g/mol. The van der Waals surface area contributed by atoms with Gasteiger partial charge in [0.25, 0.3) is 0 Å². The van der Waals surface area contributed by atoms with Gasteiger partial charge in [-0.25, -0.2) is 19.2 Å². The van der Waals surface area contributed by atoms with E-state index in [0.29, 0.717) is 0 Å². The number of aliphatic carboxylic acids is 4. The fourth-order valence-corrected chi connectivity index (χ4v) is 0. The van der Waals surface area contributed by atoms with E-state index in [-0.39, 0.29) is 151 Å². The SMILES string of the molecule is O=C(O)C(=O)O.O=C(O)C(=O)O.[Ca+2].[H-].[H-].[H-].[H-].[H-].[H-].[Na+].[Na+].[Sr+2]. The van der Waals surface area contributed by atoms with E-state index in [2.05, 4.69) is 0 Å². The van der Waals surface area contributed by atoms with Crippen molar-refractivity contribution in [3.8, 4) is 0 Å². The van der Waals surface area contributed by atoms with E-state index in [4.69, 9.17) is 39.6 Å². The molecule has 0 atom stereocenters. The van der Waals surface area contributed by atoms with E-state index in [1.807, 2.05) is 0 Å². The van der Waals surface area contributed by atoms with Crippen molar-refractivity contribution in [1.82, 2.24) is 0 Å². The zero-order valence-corrected chi connectivity index (χ0v) is 18.5. The van der Waals surface area contributed by atoms with Crippen molar-refractivity contribution in [3.63, 3.8) is 0 Å². The molecule has 0 fully saturated rings. The normalized spacial score (nSPS) is 5.50. The molecular formula is C4H10CaNa2O8Sr. The van der Waals surface area contributed by atoms with Gasteiger partial charge >= 0.3 is 166 Å². The summed E-state index contributed by atoms with van der Waals surface area (Å²) in [4.78, 5) is 36.4. The van der Waals surface area contributed by atoms with Gasteiger partial charge in [-0.15, -0.1) is 0 Å². The van der Waals surface area contributed by atoms with E-state index in [0.717, 1.165) is 0 Å². The third-order valence-corrected chi connectivity index (χ3v) is 0.366. The number of carbonyl (C=O) groups is 4. The fourth-order valence-electron chi connectivity index (χ4n) is 0. The molecule has 0 aromatic carbocycles. The number of rotatable bonds is 0. The Morgan fingerprint density at radius 1 is 0.625 bits per heavy atom. The van der Waals surface area contributed by atoms with Crippen LogP contribution in [-0.4, -0.2) is 128 Å². The van der Waals surface area contributed by atoms with E-state index in [1.165, 1.54) is 0 Å². The zero-order valence-electron chi connectivity index (χ0n) is 14.8. The minimum Gasteiger partial charge on any atom is -1.00 e. The van der Waals surface area contributed by atoms with E-state index in [9.17, 15) is 0 Å². The second kappa shape index (κ2) is 22.8. The minimum atomic E-state index is -1.82. The Morgan fingerprint density at radius 3 is 0.688 bits per heavy atom. The monoisotopic (exact) mass is 360 g/mol. The molecule has 0 aliphatic carbocycles. The molecule has 4 N–H and O–H groups in total. The molecule has 0 saturated heterocycles. The molecule has 0 saturated carbocycles. The largest absolute Gasteiger partial charge is 2.00 e. The molecule has 0 unspecified atom stereocenters. The first-order valence-corrected chi connectivity index (χ1v) is 2.21. The molecule has 0 radical (unpaired) electrons. The molecule has 0 rings (SSSR count). The van der Waals surface area contributed by atoms with Crippen molar-refractivity contribution < 1.29 is 107 Å². The summed E-state index contributed by atoms with van der Waals surface area (Å²) >= 11 is 0. The second-order valence-corrected chi connectivity index (χ2v) is 1.22. The van der Waals surface area contributed by atoms with Crippen molar-refractivity contribution in [2.75, 3.05) is 0 Å². The van der Waals surface area contributed by atoms with Crippen molar-refractivity contribution in [2.45, 2.75) is 0 Å². The first-order valence-electron chi connectivity index (χ1n) is 2.21. The van der Waals surface area contributed by atoms with Crippen LogP contribution in [0.2, 0.25) is 0 Å². The Hall–Kier alpha value is 2.62. The maximum atomic E-state index is 9.10. The Labute approximate surface area is 210 Å². The summed E-state index contributed by atoms with van der Waals surface area (Å²) in [5, 5.41) is 29.6. The molecule has 12 heteroatoms. The van der Waals surface area contributed by atoms with Crippen LogP contribution in [0.4, 0.5) is 0 Å². The van der Waals surface area contributed by atoms with Gasteiger partial charge in [-0.1, -0.05) is 0 Å². The smallest absolute Gasteiger partial charge is 1.00 e. The van der Waals surface area contributed by atoms with Gasteiger partial charge in [-0.05, 0) is 0 Å². The molecule has 0 heterocycles. The third kappa shape index (κ3) is 36.0. The number of carboxylic acid groups (broad SMARTS) is 4. The minimum absolute atomic E-state index is 0. The van der Waals surface area contributed by atoms with Crippen molar-refractivity contribution >= 4 is 107 Å². The second-order valence-electron chi connectivity index (χ2n) is 1.22. The van der Waals surface area contributed by atoms with Crippen molar-refractivity contribution in [1.29, 1.82) is 0 Å². The average Bonchev–Trinajstić information content (AvgIpc) is 1.88. The van der Waals surface area contributed by atoms with Gasteiger partial charge in [-0.2, -0.15) is 0 Å². The third-order valence-electron chi connectivity index (χ3n) is 0.366. The molecule has 8 nitrogen and oxygen atoms in total. The summed E-state index contributed by atoms with van der Waals surface area (Å²) in [5.74, 6) is -7.30. The Morgan fingerprint density at radius 2 is 0.688 bits per heavy atom. The number of hydrogen-bond donors (Lipinski definition) is 4. The standard InChI is InChI=1S/2C2H2O4.Ca.2Na.Sr.6H/c2*3-1(4)2(5)6;;;;;;;;;;/h2*(H,3,4)(H,5,6);;;;;;;;;;/q;;+2;2*+1;+2;6*-1. The van der Waals surface area contributed by atoms with Gasteiger partial charge in [-0.3, -0.25) is 0 Å². The first-order chi connectivity index (χ1) is 5.29. The maximum absolute atomic E-state index is 9.10. The van der Waals surface area contributed by atoms with Crippen LogP contribution >= 0.6 is 0 Å². The van der Waals surface area contributed by atoms with Crippen LogP contribution in [-0.2, 0) is 19.2 Å². The van der Waals surface area contributed by atoms with E-state index in [1.54, 1.807) is 0 Å². The van der Waals surface area contributed by atoms with E-state index < -0.39 is 23.9 Å². The van der Waals surface area contributed by atoms with Crippen molar-refractivity contribution in [2.24, 2.45) is 0 Å². The summed E-state index contributed by atoms with van der Waals surface area (Å²) in [7, 11) is 0. The molecule has 16 heavy (non-hydrogen) atoms. The summed E-state index contributed by atoms with van der Waals surface area (Å²) in [6.07, 6.45) is 0. The zero-order chi connectivity index (χ0) is 10.3. The van der Waals surface area contributed by atoms with Gasteiger partial charge in [0.15, 0.2) is 0 Å². The first kappa shape index (κ1) is 36.3. The Bertz CT molecular complexity index is 205. The molecule has 0 amide bonds. The fraction of sp³-hybridized carbons (Fsp3) is 0. The van der Waals surface area contributed by atoms with Gasteiger partial charge in [0.2, 0.25) is 0 Å². The summed E-state index contributed by atoms with van der Waals surface area (Å²) in [6.45, 7) is 0. The van der Waals surface area contributed by atoms with Gasteiger partial charge < -0.3 is 29.0 Å². The Kier molecular flexibility index (Phi) is 51.7. The maximum Gasteiger partial charge on any atom is 2.00 e. The summed E-state index contributed by atoms with van der Waals surface area (Å²) < 4.78 is 0. The average molecular weight is 360 g/mol. The summed E-state index contributed by atoms with van der Waals surface area (Å²) in [6, 6.07) is 0. The molecule has 0 aliphatic rings. The van der Waals surface area contributed by atoms with E-state index >= 15 is 0 Å². The molecule has 0 aliphatic heterocycles.